The number of nitrogens with zero attached hydrogens (tertiary/aromatic N) is 1. The number of benzene rings is 2. The third-order valence-electron chi connectivity index (χ3n) is 3.44. The number of hydrogen-bond donors (Lipinski definition) is 1. The summed E-state index contributed by atoms with van der Waals surface area (Å²) in [6.07, 6.45) is 2.07. The van der Waals surface area contributed by atoms with Crippen LogP contribution in [0.2, 0.25) is 0 Å². The second-order valence-corrected chi connectivity index (χ2v) is 6.26. The molecule has 0 heterocycles. The summed E-state index contributed by atoms with van der Waals surface area (Å²) < 4.78 is 0. The number of thioether (sulfide) groups is 1. The van der Waals surface area contributed by atoms with E-state index in [1.54, 1.807) is 11.8 Å². The number of carbonyl (C=O) groups excluding carboxylic acids is 1. The van der Waals surface area contributed by atoms with Crippen LogP contribution in [0.3, 0.4) is 0 Å². The molecule has 3 nitrogen and oxygen atoms in total. The molecule has 0 aliphatic carbocycles. The number of nitrogens with one attached hydrogen (secondary N) is 1. The first-order valence-corrected chi connectivity index (χ1v) is 8.48. The van der Waals surface area contributed by atoms with Gasteiger partial charge in [-0.1, -0.05) is 30.3 Å². The molecule has 1 amide bonds. The highest BCUT2D eigenvalue weighted by Gasteiger charge is 2.08. The molecule has 0 bridgehead atoms. The number of amides is 1. The lowest BCUT2D eigenvalue weighted by atomic mass is 10.2. The Morgan fingerprint density at radius 2 is 1.82 bits per heavy atom. The average Bonchev–Trinajstić information content (AvgIpc) is 2.50. The van der Waals surface area contributed by atoms with E-state index in [0.29, 0.717) is 6.54 Å². The zero-order valence-electron chi connectivity index (χ0n) is 13.3. The molecule has 0 aliphatic heterocycles. The minimum Gasteiger partial charge on any atom is -0.325 e. The molecule has 0 spiro atoms. The normalized spacial score (nSPS) is 10.7. The lowest BCUT2D eigenvalue weighted by molar-refractivity contribution is -0.117. The smallest absolute Gasteiger partial charge is 0.238 e. The van der Waals surface area contributed by atoms with E-state index in [0.717, 1.165) is 17.8 Å². The van der Waals surface area contributed by atoms with Crippen LogP contribution in [0.15, 0.2) is 53.4 Å². The Bertz CT molecular complexity index is 625. The van der Waals surface area contributed by atoms with Crippen LogP contribution in [0.4, 0.5) is 5.69 Å². The molecule has 2 rings (SSSR count). The molecule has 0 radical (unpaired) electrons. The lowest BCUT2D eigenvalue weighted by Crippen LogP contribution is -2.30. The fourth-order valence-corrected chi connectivity index (χ4v) is 2.65. The van der Waals surface area contributed by atoms with Gasteiger partial charge in [-0.15, -0.1) is 11.8 Å². The molecule has 1 N–H and O–H groups in total. The molecule has 0 atom stereocenters. The summed E-state index contributed by atoms with van der Waals surface area (Å²) in [6, 6.07) is 16.3. The van der Waals surface area contributed by atoms with E-state index in [1.807, 2.05) is 43.1 Å². The molecule has 4 heteroatoms. The van der Waals surface area contributed by atoms with E-state index in [-0.39, 0.29) is 5.91 Å². The van der Waals surface area contributed by atoms with E-state index < -0.39 is 0 Å². The van der Waals surface area contributed by atoms with E-state index in [2.05, 4.69) is 35.8 Å². The summed E-state index contributed by atoms with van der Waals surface area (Å²) in [5, 5.41) is 2.96. The molecule has 0 fully saturated rings. The third-order valence-corrected chi connectivity index (χ3v) is 4.19. The molecule has 2 aromatic carbocycles. The number of rotatable bonds is 6. The first-order valence-electron chi connectivity index (χ1n) is 7.25. The standard InChI is InChI=1S/C18H22N2OS/c1-14-6-4-5-7-17(14)19-18(21)13-20(2)12-15-8-10-16(22-3)11-9-15/h4-11H,12-13H2,1-3H3,(H,19,21). The minimum atomic E-state index is 0.0116. The fraction of sp³-hybridized carbons (Fsp3) is 0.278. The third kappa shape index (κ3) is 4.90. The van der Waals surface area contributed by atoms with Crippen molar-refractivity contribution < 1.29 is 4.79 Å². The summed E-state index contributed by atoms with van der Waals surface area (Å²) in [6.45, 7) is 3.13. The lowest BCUT2D eigenvalue weighted by Gasteiger charge is -2.17. The monoisotopic (exact) mass is 314 g/mol. The van der Waals surface area contributed by atoms with Gasteiger partial charge in [0.25, 0.3) is 0 Å². The summed E-state index contributed by atoms with van der Waals surface area (Å²) >= 11 is 1.73. The van der Waals surface area contributed by atoms with Gasteiger partial charge < -0.3 is 5.32 Å². The quantitative estimate of drug-likeness (QED) is 0.823. The number of aryl methyl sites for hydroxylation is 1. The van der Waals surface area contributed by atoms with Crippen molar-refractivity contribution in [3.63, 3.8) is 0 Å². The van der Waals surface area contributed by atoms with E-state index >= 15 is 0 Å². The van der Waals surface area contributed by atoms with Crippen LogP contribution in [-0.2, 0) is 11.3 Å². The topological polar surface area (TPSA) is 32.3 Å². The van der Waals surface area contributed by atoms with Crippen LogP contribution in [0, 0.1) is 6.92 Å². The predicted octanol–water partition coefficient (Wildman–Crippen LogP) is 3.79. The minimum absolute atomic E-state index is 0.0116. The second kappa shape index (κ2) is 8.01. The van der Waals surface area contributed by atoms with Crippen molar-refractivity contribution in [2.24, 2.45) is 0 Å². The summed E-state index contributed by atoms with van der Waals surface area (Å²) in [5.74, 6) is 0.0116. The molecule has 0 aromatic heterocycles. The maximum Gasteiger partial charge on any atom is 0.238 e. The molecule has 2 aromatic rings. The maximum absolute atomic E-state index is 12.1. The first-order chi connectivity index (χ1) is 10.6. The Hall–Kier alpha value is -1.78. The van der Waals surface area contributed by atoms with Gasteiger partial charge in [-0.05, 0) is 49.6 Å². The predicted molar refractivity (Wildman–Crippen MR) is 94.4 cm³/mol. The highest BCUT2D eigenvalue weighted by molar-refractivity contribution is 7.98. The largest absolute Gasteiger partial charge is 0.325 e. The van der Waals surface area contributed by atoms with Gasteiger partial charge in [-0.25, -0.2) is 0 Å². The molecule has 116 valence electrons. The van der Waals surface area contributed by atoms with Gasteiger partial charge in [0.1, 0.15) is 0 Å². The van der Waals surface area contributed by atoms with Crippen LogP contribution in [-0.4, -0.2) is 30.7 Å². The molecular formula is C18H22N2OS. The molecule has 0 saturated carbocycles. The van der Waals surface area contributed by atoms with Gasteiger partial charge in [-0.2, -0.15) is 0 Å². The van der Waals surface area contributed by atoms with Crippen LogP contribution < -0.4 is 5.32 Å². The Morgan fingerprint density at radius 3 is 2.45 bits per heavy atom. The Morgan fingerprint density at radius 1 is 1.14 bits per heavy atom. The van der Waals surface area contributed by atoms with Crippen molar-refractivity contribution in [3.05, 3.63) is 59.7 Å². The van der Waals surface area contributed by atoms with Crippen molar-refractivity contribution in [2.75, 3.05) is 25.2 Å². The number of likely N-dealkylation sites (N-methyl/N-ethyl adjacent to an activating group) is 1. The Kier molecular flexibility index (Phi) is 6.04. The van der Waals surface area contributed by atoms with Crippen LogP contribution in [0.5, 0.6) is 0 Å². The fourth-order valence-electron chi connectivity index (χ4n) is 2.25. The number of hydrogen-bond acceptors (Lipinski definition) is 3. The van der Waals surface area contributed by atoms with Gasteiger partial charge in [-0.3, -0.25) is 9.69 Å². The van der Waals surface area contributed by atoms with Gasteiger partial charge >= 0.3 is 0 Å². The molecule has 22 heavy (non-hydrogen) atoms. The van der Waals surface area contributed by atoms with Crippen molar-refractivity contribution in [1.29, 1.82) is 0 Å². The van der Waals surface area contributed by atoms with Crippen molar-refractivity contribution in [3.8, 4) is 0 Å². The Balaban J connectivity index is 1.87. The maximum atomic E-state index is 12.1. The number of carbonyl (C=O) groups is 1. The van der Waals surface area contributed by atoms with Crippen LogP contribution in [0.1, 0.15) is 11.1 Å². The Labute approximate surface area is 136 Å². The van der Waals surface area contributed by atoms with Crippen molar-refractivity contribution in [1.82, 2.24) is 4.90 Å². The van der Waals surface area contributed by atoms with E-state index in [9.17, 15) is 4.79 Å². The van der Waals surface area contributed by atoms with Crippen molar-refractivity contribution in [2.45, 2.75) is 18.4 Å². The number of para-hydroxylation sites is 1. The van der Waals surface area contributed by atoms with Gasteiger partial charge in [0.2, 0.25) is 5.91 Å². The summed E-state index contributed by atoms with van der Waals surface area (Å²) in [4.78, 5) is 15.4. The summed E-state index contributed by atoms with van der Waals surface area (Å²) in [5.41, 5.74) is 3.17. The van der Waals surface area contributed by atoms with Crippen LogP contribution in [0.25, 0.3) is 0 Å². The number of anilines is 1. The SMILES string of the molecule is CSc1ccc(CN(C)CC(=O)Nc2ccccc2C)cc1. The molecule has 0 saturated heterocycles. The summed E-state index contributed by atoms with van der Waals surface area (Å²) in [7, 11) is 1.96. The van der Waals surface area contributed by atoms with E-state index in [4.69, 9.17) is 0 Å². The van der Waals surface area contributed by atoms with Gasteiger partial charge in [0.05, 0.1) is 6.54 Å². The van der Waals surface area contributed by atoms with E-state index in [1.165, 1.54) is 10.5 Å². The van der Waals surface area contributed by atoms with Gasteiger partial charge in [0.15, 0.2) is 0 Å². The van der Waals surface area contributed by atoms with Crippen molar-refractivity contribution >= 4 is 23.4 Å². The zero-order chi connectivity index (χ0) is 15.9. The molecular weight excluding hydrogens is 292 g/mol. The highest BCUT2D eigenvalue weighted by atomic mass is 32.2. The average molecular weight is 314 g/mol. The molecule has 0 unspecified atom stereocenters. The first kappa shape index (κ1) is 16.6. The second-order valence-electron chi connectivity index (χ2n) is 5.38. The van der Waals surface area contributed by atoms with Crippen LogP contribution >= 0.6 is 11.8 Å². The van der Waals surface area contributed by atoms with Gasteiger partial charge in [0, 0.05) is 17.1 Å². The molecule has 0 aliphatic rings. The highest BCUT2D eigenvalue weighted by Crippen LogP contribution is 2.16. The zero-order valence-corrected chi connectivity index (χ0v) is 14.1.